The largest absolute Gasteiger partial charge is 0.393 e. The van der Waals surface area contributed by atoms with Gasteiger partial charge in [-0.25, -0.2) is 0 Å². The molecule has 0 saturated heterocycles. The lowest BCUT2D eigenvalue weighted by molar-refractivity contribution is 0.0972. The molecule has 0 aromatic rings. The van der Waals surface area contributed by atoms with Crippen LogP contribution in [0.3, 0.4) is 0 Å². The van der Waals surface area contributed by atoms with Crippen molar-refractivity contribution in [3.63, 3.8) is 0 Å². The van der Waals surface area contributed by atoms with Crippen molar-refractivity contribution in [2.75, 3.05) is 0 Å². The van der Waals surface area contributed by atoms with Crippen LogP contribution < -0.4 is 0 Å². The van der Waals surface area contributed by atoms with Crippen LogP contribution in [0, 0.1) is 0 Å². The SMILES string of the molecule is CCC(C)O[SiH](OC(C)CC)C(C)(C)C. The van der Waals surface area contributed by atoms with Crippen molar-refractivity contribution < 1.29 is 8.85 Å². The van der Waals surface area contributed by atoms with Gasteiger partial charge in [-0.05, 0) is 26.7 Å². The van der Waals surface area contributed by atoms with Gasteiger partial charge in [0.1, 0.15) is 0 Å². The van der Waals surface area contributed by atoms with Crippen molar-refractivity contribution in [1.29, 1.82) is 0 Å². The summed E-state index contributed by atoms with van der Waals surface area (Å²) < 4.78 is 12.1. The highest BCUT2D eigenvalue weighted by Crippen LogP contribution is 2.30. The Kier molecular flexibility index (Phi) is 6.72. The summed E-state index contributed by atoms with van der Waals surface area (Å²) in [6, 6.07) is 0. The van der Waals surface area contributed by atoms with Crippen molar-refractivity contribution >= 4 is 9.28 Å². The molecule has 2 nitrogen and oxygen atoms in total. The second-order valence-electron chi connectivity index (χ2n) is 5.41. The summed E-state index contributed by atoms with van der Waals surface area (Å²) in [5.74, 6) is 0. The average Bonchev–Trinajstić information content (AvgIpc) is 2.14. The summed E-state index contributed by atoms with van der Waals surface area (Å²) in [4.78, 5) is 0. The fourth-order valence-corrected chi connectivity index (χ4v) is 3.16. The maximum Gasteiger partial charge on any atom is 0.327 e. The van der Waals surface area contributed by atoms with Crippen molar-refractivity contribution in [1.82, 2.24) is 0 Å². The lowest BCUT2D eigenvalue weighted by atomic mass is 10.3. The van der Waals surface area contributed by atoms with Crippen molar-refractivity contribution in [2.45, 2.75) is 78.6 Å². The Labute approximate surface area is 97.2 Å². The lowest BCUT2D eigenvalue weighted by Gasteiger charge is -2.32. The van der Waals surface area contributed by atoms with Gasteiger partial charge in [0.2, 0.25) is 0 Å². The van der Waals surface area contributed by atoms with Crippen LogP contribution in [0.4, 0.5) is 0 Å². The second-order valence-corrected chi connectivity index (χ2v) is 8.35. The molecule has 0 aromatic heterocycles. The minimum atomic E-state index is -1.57. The molecule has 0 spiro atoms. The monoisotopic (exact) mass is 232 g/mol. The third-order valence-corrected chi connectivity index (χ3v) is 5.41. The summed E-state index contributed by atoms with van der Waals surface area (Å²) in [7, 11) is -1.57. The molecule has 0 aromatic carbocycles. The quantitative estimate of drug-likeness (QED) is 0.651. The Morgan fingerprint density at radius 2 is 1.27 bits per heavy atom. The third-order valence-electron chi connectivity index (χ3n) is 2.57. The van der Waals surface area contributed by atoms with E-state index in [1.165, 1.54) is 0 Å². The predicted molar refractivity (Wildman–Crippen MR) is 68.5 cm³/mol. The van der Waals surface area contributed by atoms with E-state index in [1.54, 1.807) is 0 Å². The van der Waals surface area contributed by atoms with E-state index < -0.39 is 9.28 Å². The predicted octanol–water partition coefficient (Wildman–Crippen LogP) is 3.64. The zero-order chi connectivity index (χ0) is 12.1. The van der Waals surface area contributed by atoms with Gasteiger partial charge in [-0.2, -0.15) is 0 Å². The van der Waals surface area contributed by atoms with Gasteiger partial charge < -0.3 is 8.85 Å². The van der Waals surface area contributed by atoms with E-state index in [0.717, 1.165) is 12.8 Å². The summed E-state index contributed by atoms with van der Waals surface area (Å²) in [5, 5.41) is 0.173. The van der Waals surface area contributed by atoms with Crippen molar-refractivity contribution in [3.05, 3.63) is 0 Å². The van der Waals surface area contributed by atoms with E-state index in [2.05, 4.69) is 48.5 Å². The van der Waals surface area contributed by atoms with Gasteiger partial charge >= 0.3 is 9.28 Å². The summed E-state index contributed by atoms with van der Waals surface area (Å²) >= 11 is 0. The number of hydrogen-bond acceptors (Lipinski definition) is 2. The maximum absolute atomic E-state index is 6.05. The molecule has 0 heterocycles. The Morgan fingerprint density at radius 1 is 0.933 bits per heavy atom. The molecule has 0 aliphatic rings. The molecule has 0 amide bonds. The first kappa shape index (κ1) is 15.1. The minimum Gasteiger partial charge on any atom is -0.393 e. The van der Waals surface area contributed by atoms with Gasteiger partial charge in [-0.1, -0.05) is 34.6 Å². The first-order valence-corrected chi connectivity index (χ1v) is 7.64. The van der Waals surface area contributed by atoms with Crippen LogP contribution >= 0.6 is 0 Å². The highest BCUT2D eigenvalue weighted by atomic mass is 28.3. The van der Waals surface area contributed by atoms with Crippen molar-refractivity contribution in [3.8, 4) is 0 Å². The zero-order valence-electron chi connectivity index (χ0n) is 11.5. The average molecular weight is 232 g/mol. The van der Waals surface area contributed by atoms with E-state index in [9.17, 15) is 0 Å². The smallest absolute Gasteiger partial charge is 0.327 e. The third kappa shape index (κ3) is 6.33. The van der Waals surface area contributed by atoms with Gasteiger partial charge in [0.25, 0.3) is 0 Å². The molecule has 0 rings (SSSR count). The van der Waals surface area contributed by atoms with Crippen LogP contribution in [-0.4, -0.2) is 21.5 Å². The van der Waals surface area contributed by atoms with Crippen molar-refractivity contribution in [2.24, 2.45) is 0 Å². The van der Waals surface area contributed by atoms with Gasteiger partial charge in [0.05, 0.1) is 0 Å². The van der Waals surface area contributed by atoms with E-state index in [1.807, 2.05) is 0 Å². The topological polar surface area (TPSA) is 18.5 Å². The first-order chi connectivity index (χ1) is 6.81. The minimum absolute atomic E-state index is 0.173. The molecule has 92 valence electrons. The molecule has 0 fully saturated rings. The van der Waals surface area contributed by atoms with E-state index >= 15 is 0 Å². The summed E-state index contributed by atoms with van der Waals surface area (Å²) in [6.07, 6.45) is 2.77. The van der Waals surface area contributed by atoms with E-state index in [-0.39, 0.29) is 5.04 Å². The van der Waals surface area contributed by atoms with Crippen LogP contribution in [0.1, 0.15) is 61.3 Å². The number of hydrogen-bond donors (Lipinski definition) is 0. The molecule has 2 unspecified atom stereocenters. The molecule has 0 saturated carbocycles. The van der Waals surface area contributed by atoms with Crippen LogP contribution in [0.5, 0.6) is 0 Å². The highest BCUT2D eigenvalue weighted by molar-refractivity contribution is 6.48. The molecule has 0 bridgehead atoms. The molecule has 0 aliphatic carbocycles. The first-order valence-electron chi connectivity index (χ1n) is 6.12. The van der Waals surface area contributed by atoms with Gasteiger partial charge in [0, 0.05) is 17.2 Å². The molecule has 0 N–H and O–H groups in total. The summed E-state index contributed by atoms with van der Waals surface area (Å²) in [6.45, 7) is 15.2. The molecule has 0 aliphatic heterocycles. The normalized spacial score (nSPS) is 18.6. The second kappa shape index (κ2) is 6.66. The summed E-state index contributed by atoms with van der Waals surface area (Å²) in [5.41, 5.74) is 0. The fourth-order valence-electron chi connectivity index (χ4n) is 1.05. The number of rotatable bonds is 6. The molecular weight excluding hydrogens is 204 g/mol. The maximum atomic E-state index is 6.05. The molecule has 2 atom stereocenters. The van der Waals surface area contributed by atoms with Gasteiger partial charge in [0.15, 0.2) is 0 Å². The Hall–Kier alpha value is 0.137. The lowest BCUT2D eigenvalue weighted by Crippen LogP contribution is -2.38. The van der Waals surface area contributed by atoms with Crippen LogP contribution in [0.15, 0.2) is 0 Å². The fraction of sp³-hybridized carbons (Fsp3) is 1.00. The van der Waals surface area contributed by atoms with E-state index in [0.29, 0.717) is 12.2 Å². The molecule has 15 heavy (non-hydrogen) atoms. The van der Waals surface area contributed by atoms with Gasteiger partial charge in [-0.15, -0.1) is 0 Å². The molecular formula is C12H28O2Si. The van der Waals surface area contributed by atoms with Crippen LogP contribution in [0.2, 0.25) is 5.04 Å². The van der Waals surface area contributed by atoms with E-state index in [4.69, 9.17) is 8.85 Å². The van der Waals surface area contributed by atoms with Crippen LogP contribution in [0.25, 0.3) is 0 Å². The van der Waals surface area contributed by atoms with Crippen LogP contribution in [-0.2, 0) is 8.85 Å². The molecule has 0 radical (unpaired) electrons. The Bertz CT molecular complexity index is 153. The Morgan fingerprint density at radius 3 is 1.47 bits per heavy atom. The highest BCUT2D eigenvalue weighted by Gasteiger charge is 2.32. The van der Waals surface area contributed by atoms with Gasteiger partial charge in [-0.3, -0.25) is 0 Å². The Balaban J connectivity index is 4.32. The standard InChI is InChI=1S/C12H28O2Si/c1-8-10(3)13-15(12(5,6)7)14-11(4)9-2/h10-11,15H,8-9H2,1-7H3. The zero-order valence-corrected chi connectivity index (χ0v) is 12.6. The molecule has 3 heteroatoms.